The molecule has 3 fully saturated rings. The molecule has 0 N–H and O–H groups in total. The zero-order valence-electron chi connectivity index (χ0n) is 24.8. The van der Waals surface area contributed by atoms with Crippen molar-refractivity contribution in [3.05, 3.63) is 46.8 Å². The molecule has 0 unspecified atom stereocenters. The Kier molecular flexibility index (Phi) is 8.81. The molecule has 1 amide bonds. The van der Waals surface area contributed by atoms with Gasteiger partial charge in [-0.25, -0.2) is 4.79 Å². The van der Waals surface area contributed by atoms with Crippen molar-refractivity contribution in [3.63, 3.8) is 0 Å². The van der Waals surface area contributed by atoms with Gasteiger partial charge >= 0.3 is 11.9 Å². The Bertz CT molecular complexity index is 1450. The number of aromatic nitrogens is 2. The van der Waals surface area contributed by atoms with Crippen molar-refractivity contribution in [2.75, 3.05) is 13.7 Å². The lowest BCUT2D eigenvalue weighted by Crippen LogP contribution is -2.46. The standard InChI is InChI=1S/C33H41N3O7/c1-41-32(40)27-18-23-20-36(27)31(39)25(21-10-4-5-11-21)19-29(37)43-28-16-9-13-22(28)12-3-2-8-17-35-30(38)24-14-6-7-15-26(24)34-33(35)42-23/h2,6-8,14-15,21-23,25,27-28H,3-5,9-13,16-20H2,1H3/b8-2+/t22-,23-,25+,27+,28-/m1/s1. The van der Waals surface area contributed by atoms with Gasteiger partial charge in [0.2, 0.25) is 5.91 Å². The average Bonchev–Trinajstić information content (AvgIpc) is 3.78. The maximum absolute atomic E-state index is 14.2. The zero-order valence-corrected chi connectivity index (χ0v) is 24.8. The van der Waals surface area contributed by atoms with Crippen molar-refractivity contribution < 1.29 is 28.6 Å². The first-order chi connectivity index (χ1) is 20.9. The number of carbonyl (C=O) groups excluding carboxylic acids is 3. The summed E-state index contributed by atoms with van der Waals surface area (Å²) in [4.78, 5) is 60.3. The average molecular weight is 592 g/mol. The van der Waals surface area contributed by atoms with Crippen LogP contribution in [-0.4, -0.2) is 64.2 Å². The molecule has 1 aromatic heterocycles. The predicted molar refractivity (Wildman–Crippen MR) is 158 cm³/mol. The summed E-state index contributed by atoms with van der Waals surface area (Å²) in [5.41, 5.74) is 0.312. The minimum Gasteiger partial charge on any atom is -0.467 e. The van der Waals surface area contributed by atoms with Crippen LogP contribution >= 0.6 is 0 Å². The lowest BCUT2D eigenvalue weighted by atomic mass is 9.86. The molecule has 2 aliphatic heterocycles. The van der Waals surface area contributed by atoms with Gasteiger partial charge in [-0.05, 0) is 68.9 Å². The zero-order chi connectivity index (χ0) is 29.9. The third-order valence-corrected chi connectivity index (χ3v) is 9.82. The number of nitrogens with zero attached hydrogens (tertiary/aromatic N) is 3. The van der Waals surface area contributed by atoms with E-state index >= 15 is 0 Å². The van der Waals surface area contributed by atoms with Gasteiger partial charge in [-0.2, -0.15) is 4.98 Å². The van der Waals surface area contributed by atoms with Crippen LogP contribution in [0.1, 0.15) is 70.6 Å². The molecular weight excluding hydrogens is 550 g/mol. The monoisotopic (exact) mass is 591 g/mol. The number of esters is 2. The number of fused-ring (bicyclic) bond motifs is 5. The highest BCUT2D eigenvalue weighted by atomic mass is 16.5. The van der Waals surface area contributed by atoms with E-state index in [-0.39, 0.29) is 67.3 Å². The van der Waals surface area contributed by atoms with E-state index in [9.17, 15) is 19.2 Å². The second-order valence-electron chi connectivity index (χ2n) is 12.5. The van der Waals surface area contributed by atoms with Gasteiger partial charge in [-0.15, -0.1) is 0 Å². The molecule has 43 heavy (non-hydrogen) atoms. The summed E-state index contributed by atoms with van der Waals surface area (Å²) >= 11 is 0. The molecule has 1 saturated heterocycles. The van der Waals surface area contributed by atoms with Crippen LogP contribution in [0.15, 0.2) is 41.2 Å². The van der Waals surface area contributed by atoms with Gasteiger partial charge in [-0.1, -0.05) is 37.1 Å². The quantitative estimate of drug-likeness (QED) is 0.377. The fraction of sp³-hybridized carbons (Fsp3) is 0.606. The van der Waals surface area contributed by atoms with E-state index in [0.717, 1.165) is 57.8 Å². The van der Waals surface area contributed by atoms with Crippen LogP contribution in [-0.2, 0) is 30.4 Å². The summed E-state index contributed by atoms with van der Waals surface area (Å²) in [6.07, 6.45) is 11.7. The molecule has 0 spiro atoms. The molecular formula is C33H41N3O7. The first-order valence-corrected chi connectivity index (χ1v) is 15.8. The number of rotatable bonds is 2. The van der Waals surface area contributed by atoms with E-state index in [1.165, 1.54) is 16.6 Å². The van der Waals surface area contributed by atoms with Crippen LogP contribution in [0.3, 0.4) is 0 Å². The largest absolute Gasteiger partial charge is 0.467 e. The molecule has 5 atom stereocenters. The fourth-order valence-electron chi connectivity index (χ4n) is 7.55. The Balaban J connectivity index is 1.37. The van der Waals surface area contributed by atoms with Gasteiger partial charge in [0, 0.05) is 13.0 Å². The summed E-state index contributed by atoms with van der Waals surface area (Å²) in [6, 6.07) is 6.45. The summed E-state index contributed by atoms with van der Waals surface area (Å²) in [5.74, 6) is -1.34. The number of hydrogen-bond donors (Lipinski definition) is 0. The number of para-hydroxylation sites is 1. The molecule has 10 heteroatoms. The van der Waals surface area contributed by atoms with Crippen molar-refractivity contribution in [1.82, 2.24) is 14.5 Å². The fourth-order valence-corrected chi connectivity index (χ4v) is 7.55. The number of benzene rings is 1. The molecule has 230 valence electrons. The van der Waals surface area contributed by atoms with Crippen LogP contribution in [0.4, 0.5) is 0 Å². The third kappa shape index (κ3) is 6.19. The molecule has 2 aromatic rings. The molecule has 4 aliphatic rings. The van der Waals surface area contributed by atoms with E-state index in [2.05, 4.69) is 6.08 Å². The van der Waals surface area contributed by atoms with Gasteiger partial charge < -0.3 is 19.1 Å². The van der Waals surface area contributed by atoms with Crippen LogP contribution < -0.4 is 10.3 Å². The Morgan fingerprint density at radius 3 is 2.56 bits per heavy atom. The summed E-state index contributed by atoms with van der Waals surface area (Å²) < 4.78 is 19.0. The number of methoxy groups -OCH3 is 1. The van der Waals surface area contributed by atoms with Crippen LogP contribution in [0.5, 0.6) is 6.01 Å². The third-order valence-electron chi connectivity index (χ3n) is 9.82. The van der Waals surface area contributed by atoms with Gasteiger partial charge in [-0.3, -0.25) is 19.0 Å². The van der Waals surface area contributed by atoms with Crippen LogP contribution in [0.2, 0.25) is 0 Å². The van der Waals surface area contributed by atoms with E-state index in [1.807, 2.05) is 18.2 Å². The van der Waals surface area contributed by atoms with E-state index in [1.54, 1.807) is 12.1 Å². The Morgan fingerprint density at radius 2 is 1.74 bits per heavy atom. The molecule has 3 heterocycles. The molecule has 0 radical (unpaired) electrons. The molecule has 6 rings (SSSR count). The first kappa shape index (κ1) is 29.4. The minimum atomic E-state index is -0.857. The van der Waals surface area contributed by atoms with E-state index in [4.69, 9.17) is 19.2 Å². The van der Waals surface area contributed by atoms with E-state index in [0.29, 0.717) is 10.9 Å². The lowest BCUT2D eigenvalue weighted by molar-refractivity contribution is -0.158. The first-order valence-electron chi connectivity index (χ1n) is 15.8. The Morgan fingerprint density at radius 1 is 0.953 bits per heavy atom. The smallest absolute Gasteiger partial charge is 0.328 e. The second kappa shape index (κ2) is 12.9. The SMILES string of the molecule is COC(=O)[C@@H]1C[C@@H]2CN1C(=O)[C@H](C1CCCC1)CC(=O)O[C@@H]1CCC[C@H]1CC/C=C/Cn1c(nc3ccccc3c1=O)O2. The van der Waals surface area contributed by atoms with Gasteiger partial charge in [0.1, 0.15) is 18.2 Å². The number of hydrogen-bond acceptors (Lipinski definition) is 8. The van der Waals surface area contributed by atoms with Crippen LogP contribution in [0.25, 0.3) is 10.9 Å². The molecule has 2 aliphatic carbocycles. The lowest BCUT2D eigenvalue weighted by Gasteiger charge is -2.30. The van der Waals surface area contributed by atoms with Crippen LogP contribution in [0, 0.1) is 17.8 Å². The van der Waals surface area contributed by atoms with Crippen molar-refractivity contribution in [1.29, 1.82) is 0 Å². The number of amides is 1. The normalized spacial score (nSPS) is 29.7. The molecule has 1 aromatic carbocycles. The van der Waals surface area contributed by atoms with Gasteiger partial charge in [0.05, 0.1) is 36.9 Å². The Hall–Kier alpha value is -3.69. The van der Waals surface area contributed by atoms with Crippen molar-refractivity contribution >= 4 is 28.7 Å². The van der Waals surface area contributed by atoms with Crippen molar-refractivity contribution in [2.24, 2.45) is 17.8 Å². The second-order valence-corrected chi connectivity index (χ2v) is 12.5. The summed E-state index contributed by atoms with van der Waals surface area (Å²) in [6.45, 7) is 0.398. The minimum absolute atomic E-state index is 0.00825. The number of allylic oxidation sites excluding steroid dienone is 2. The van der Waals surface area contributed by atoms with Gasteiger partial charge in [0.25, 0.3) is 11.6 Å². The summed E-state index contributed by atoms with van der Waals surface area (Å²) in [5, 5.41) is 0.496. The maximum atomic E-state index is 14.2. The highest BCUT2D eigenvalue weighted by Gasteiger charge is 2.46. The predicted octanol–water partition coefficient (Wildman–Crippen LogP) is 4.18. The molecule has 10 nitrogen and oxygen atoms in total. The topological polar surface area (TPSA) is 117 Å². The highest BCUT2D eigenvalue weighted by Crippen LogP contribution is 2.38. The molecule has 2 saturated carbocycles. The van der Waals surface area contributed by atoms with Crippen molar-refractivity contribution in [2.45, 2.75) is 95.4 Å². The number of ether oxygens (including phenoxy) is 3. The maximum Gasteiger partial charge on any atom is 0.328 e. The number of carbonyl (C=O) groups is 3. The van der Waals surface area contributed by atoms with Crippen molar-refractivity contribution in [3.8, 4) is 6.01 Å². The highest BCUT2D eigenvalue weighted by molar-refractivity contribution is 5.89. The van der Waals surface area contributed by atoms with E-state index < -0.39 is 24.0 Å². The molecule has 2 bridgehead atoms. The summed E-state index contributed by atoms with van der Waals surface area (Å²) in [7, 11) is 1.30. The van der Waals surface area contributed by atoms with Gasteiger partial charge in [0.15, 0.2) is 0 Å². The Labute approximate surface area is 251 Å².